The van der Waals surface area contributed by atoms with Crippen molar-refractivity contribution in [2.24, 2.45) is 10.7 Å². The number of ether oxygens (including phenoxy) is 1. The van der Waals surface area contributed by atoms with E-state index in [0.717, 1.165) is 16.9 Å². The molecule has 160 valence electrons. The molecular formula is C20H20N6O4S. The standard InChI is InChI=1S/C20H20N6O4S/c1-12(8-9-21)23-19-25-26-20(31-19)24-17(27)15-10-14(16(29-2)18(28)30-15)22-11-13-6-4-3-5-7-13/h3-10,22H,11,21H2,1-2H3,(H,24,26,27)/b9-8-,23-12+. The van der Waals surface area contributed by atoms with Crippen LogP contribution in [0.15, 0.2) is 62.9 Å². The van der Waals surface area contributed by atoms with E-state index >= 15 is 0 Å². The Bertz CT molecular complexity index is 1170. The lowest BCUT2D eigenvalue weighted by atomic mass is 10.2. The van der Waals surface area contributed by atoms with Gasteiger partial charge in [-0.1, -0.05) is 41.7 Å². The minimum Gasteiger partial charge on any atom is -0.488 e. The number of benzene rings is 1. The molecule has 3 rings (SSSR count). The molecule has 0 saturated heterocycles. The molecule has 3 aromatic rings. The molecule has 0 aliphatic heterocycles. The van der Waals surface area contributed by atoms with E-state index in [1.165, 1.54) is 19.4 Å². The third-order valence-corrected chi connectivity index (χ3v) is 4.64. The molecule has 2 heterocycles. The highest BCUT2D eigenvalue weighted by Crippen LogP contribution is 2.25. The molecule has 1 aromatic carbocycles. The Kier molecular flexibility index (Phi) is 7.12. The van der Waals surface area contributed by atoms with Gasteiger partial charge in [0, 0.05) is 18.3 Å². The molecule has 10 nitrogen and oxygen atoms in total. The van der Waals surface area contributed by atoms with Gasteiger partial charge in [-0.2, -0.15) is 0 Å². The van der Waals surface area contributed by atoms with Crippen LogP contribution in [0.2, 0.25) is 0 Å². The zero-order chi connectivity index (χ0) is 22.2. The number of hydrogen-bond donors (Lipinski definition) is 3. The molecule has 4 N–H and O–H groups in total. The third kappa shape index (κ3) is 5.76. The van der Waals surface area contributed by atoms with Crippen LogP contribution in [0.25, 0.3) is 0 Å². The highest BCUT2D eigenvalue weighted by Gasteiger charge is 2.18. The largest absolute Gasteiger partial charge is 0.488 e. The number of anilines is 2. The summed E-state index contributed by atoms with van der Waals surface area (Å²) in [7, 11) is 1.35. The molecule has 0 aliphatic rings. The van der Waals surface area contributed by atoms with Gasteiger partial charge in [0.2, 0.25) is 16.0 Å². The molecule has 0 atom stereocenters. The fraction of sp³-hybridized carbons (Fsp3) is 0.150. The van der Waals surface area contributed by atoms with Crippen LogP contribution in [0, 0.1) is 0 Å². The number of aliphatic imine (C=N–C) groups is 1. The van der Waals surface area contributed by atoms with E-state index in [1.807, 2.05) is 30.3 Å². The average Bonchev–Trinajstić information content (AvgIpc) is 3.19. The fourth-order valence-corrected chi connectivity index (χ4v) is 3.18. The summed E-state index contributed by atoms with van der Waals surface area (Å²) >= 11 is 1.06. The lowest BCUT2D eigenvalue weighted by Gasteiger charge is -2.11. The van der Waals surface area contributed by atoms with Crippen molar-refractivity contribution in [1.29, 1.82) is 0 Å². The molecule has 0 fully saturated rings. The van der Waals surface area contributed by atoms with Crippen LogP contribution in [-0.2, 0) is 6.54 Å². The summed E-state index contributed by atoms with van der Waals surface area (Å²) in [5.74, 6) is -0.889. The summed E-state index contributed by atoms with van der Waals surface area (Å²) in [6, 6.07) is 11.0. The number of nitrogens with one attached hydrogen (secondary N) is 2. The topological polar surface area (TPSA) is 145 Å². The number of aromatic nitrogens is 2. The van der Waals surface area contributed by atoms with Gasteiger partial charge in [-0.25, -0.2) is 9.79 Å². The minimum absolute atomic E-state index is 0.0246. The molecule has 0 bridgehead atoms. The molecular weight excluding hydrogens is 420 g/mol. The molecule has 31 heavy (non-hydrogen) atoms. The number of amides is 1. The predicted molar refractivity (Wildman–Crippen MR) is 119 cm³/mol. The number of allylic oxidation sites excluding steroid dienone is 1. The Morgan fingerprint density at radius 2 is 2.10 bits per heavy atom. The van der Waals surface area contributed by atoms with Gasteiger partial charge in [-0.05, 0) is 24.8 Å². The van der Waals surface area contributed by atoms with Crippen molar-refractivity contribution in [2.75, 3.05) is 17.7 Å². The van der Waals surface area contributed by atoms with Crippen molar-refractivity contribution in [3.8, 4) is 5.75 Å². The molecule has 0 unspecified atom stereocenters. The summed E-state index contributed by atoms with van der Waals surface area (Å²) in [5, 5.41) is 13.9. The monoisotopic (exact) mass is 440 g/mol. The van der Waals surface area contributed by atoms with Crippen LogP contribution in [0.1, 0.15) is 23.0 Å². The summed E-state index contributed by atoms with van der Waals surface area (Å²) < 4.78 is 10.2. The van der Waals surface area contributed by atoms with Gasteiger partial charge in [0.05, 0.1) is 12.8 Å². The zero-order valence-corrected chi connectivity index (χ0v) is 17.6. The van der Waals surface area contributed by atoms with Gasteiger partial charge in [0.15, 0.2) is 5.76 Å². The molecule has 1 amide bonds. The van der Waals surface area contributed by atoms with E-state index in [4.69, 9.17) is 14.9 Å². The Labute approximate surface area is 181 Å². The maximum Gasteiger partial charge on any atom is 0.381 e. The van der Waals surface area contributed by atoms with Gasteiger partial charge in [-0.3, -0.25) is 10.1 Å². The normalized spacial score (nSPS) is 11.5. The van der Waals surface area contributed by atoms with Crippen LogP contribution in [-0.4, -0.2) is 28.9 Å². The molecule has 0 aliphatic carbocycles. The first-order valence-corrected chi connectivity index (χ1v) is 9.90. The van der Waals surface area contributed by atoms with E-state index in [-0.39, 0.29) is 16.6 Å². The highest BCUT2D eigenvalue weighted by atomic mass is 32.1. The maximum atomic E-state index is 12.6. The third-order valence-electron chi connectivity index (χ3n) is 3.91. The Balaban J connectivity index is 1.78. The van der Waals surface area contributed by atoms with E-state index in [1.54, 1.807) is 13.0 Å². The molecule has 2 aromatic heterocycles. The van der Waals surface area contributed by atoms with Crippen molar-refractivity contribution >= 4 is 38.9 Å². The van der Waals surface area contributed by atoms with Crippen LogP contribution >= 0.6 is 11.3 Å². The van der Waals surface area contributed by atoms with Crippen molar-refractivity contribution < 1.29 is 13.9 Å². The van der Waals surface area contributed by atoms with Gasteiger partial charge in [0.25, 0.3) is 5.91 Å². The quantitative estimate of drug-likeness (QED) is 0.453. The first-order chi connectivity index (χ1) is 15.0. The molecule has 0 radical (unpaired) electrons. The minimum atomic E-state index is -0.780. The van der Waals surface area contributed by atoms with E-state index < -0.39 is 11.5 Å². The number of nitrogens with two attached hydrogens (primary N) is 1. The predicted octanol–water partition coefficient (Wildman–Crippen LogP) is 2.93. The van der Waals surface area contributed by atoms with Gasteiger partial charge >= 0.3 is 5.63 Å². The second-order valence-electron chi connectivity index (χ2n) is 6.14. The molecule has 0 spiro atoms. The first-order valence-electron chi connectivity index (χ1n) is 9.08. The lowest BCUT2D eigenvalue weighted by molar-refractivity contribution is 0.0991. The number of carbonyl (C=O) groups excluding carboxylic acids is 1. The Hall–Kier alpha value is -3.99. The number of rotatable bonds is 8. The molecule has 11 heteroatoms. The van der Waals surface area contributed by atoms with Crippen LogP contribution in [0.5, 0.6) is 5.75 Å². The number of methoxy groups -OCH3 is 1. The van der Waals surface area contributed by atoms with Gasteiger partial charge < -0.3 is 20.2 Å². The van der Waals surface area contributed by atoms with Crippen LogP contribution in [0.3, 0.4) is 0 Å². The maximum absolute atomic E-state index is 12.6. The summed E-state index contributed by atoms with van der Waals surface area (Å²) in [6.45, 7) is 2.18. The number of hydrogen-bond acceptors (Lipinski definition) is 10. The average molecular weight is 440 g/mol. The van der Waals surface area contributed by atoms with Crippen molar-refractivity contribution in [1.82, 2.24) is 10.2 Å². The fourth-order valence-electron chi connectivity index (χ4n) is 2.51. The number of carbonyl (C=O) groups is 1. The van der Waals surface area contributed by atoms with Crippen LogP contribution in [0.4, 0.5) is 16.0 Å². The second-order valence-corrected chi connectivity index (χ2v) is 7.10. The lowest BCUT2D eigenvalue weighted by Crippen LogP contribution is -2.17. The van der Waals surface area contributed by atoms with Gasteiger partial charge in [0.1, 0.15) is 0 Å². The SMILES string of the molecule is COc1c(NCc2ccccc2)cc(C(=O)Nc2nnc(/N=C(C)/C=C\N)s2)oc1=O. The smallest absolute Gasteiger partial charge is 0.381 e. The van der Waals surface area contributed by atoms with E-state index in [0.29, 0.717) is 23.1 Å². The highest BCUT2D eigenvalue weighted by molar-refractivity contribution is 7.18. The Morgan fingerprint density at radius 1 is 1.32 bits per heavy atom. The van der Waals surface area contributed by atoms with Crippen molar-refractivity contribution in [3.05, 3.63) is 70.4 Å². The summed E-state index contributed by atoms with van der Waals surface area (Å²) in [5.41, 5.74) is 6.49. The summed E-state index contributed by atoms with van der Waals surface area (Å²) in [4.78, 5) is 29.1. The van der Waals surface area contributed by atoms with Crippen molar-refractivity contribution in [2.45, 2.75) is 13.5 Å². The number of nitrogens with zero attached hydrogens (tertiary/aromatic N) is 3. The van der Waals surface area contributed by atoms with E-state index in [2.05, 4.69) is 25.8 Å². The van der Waals surface area contributed by atoms with E-state index in [9.17, 15) is 9.59 Å². The zero-order valence-electron chi connectivity index (χ0n) is 16.8. The first kappa shape index (κ1) is 21.7. The Morgan fingerprint density at radius 3 is 2.81 bits per heavy atom. The molecule has 0 saturated carbocycles. The van der Waals surface area contributed by atoms with Crippen molar-refractivity contribution in [3.63, 3.8) is 0 Å². The summed E-state index contributed by atoms with van der Waals surface area (Å²) in [6.07, 6.45) is 2.97. The van der Waals surface area contributed by atoms with Gasteiger partial charge in [-0.15, -0.1) is 10.2 Å². The van der Waals surface area contributed by atoms with Crippen LogP contribution < -0.4 is 26.7 Å². The second kappa shape index (κ2) is 10.2.